The Morgan fingerprint density at radius 2 is 2.23 bits per heavy atom. The summed E-state index contributed by atoms with van der Waals surface area (Å²) in [6.07, 6.45) is 3.66. The van der Waals surface area contributed by atoms with Gasteiger partial charge >= 0.3 is 0 Å². The zero-order valence-electron chi connectivity index (χ0n) is 7.62. The number of amides is 1. The van der Waals surface area contributed by atoms with E-state index in [2.05, 4.69) is 10.6 Å². The van der Waals surface area contributed by atoms with Gasteiger partial charge in [0.15, 0.2) is 0 Å². The van der Waals surface area contributed by atoms with E-state index in [9.17, 15) is 9.90 Å². The maximum absolute atomic E-state index is 11.5. The van der Waals surface area contributed by atoms with E-state index in [1.54, 1.807) is 0 Å². The molecule has 4 heteroatoms. The van der Waals surface area contributed by atoms with Crippen molar-refractivity contribution < 1.29 is 9.90 Å². The maximum atomic E-state index is 11.5. The van der Waals surface area contributed by atoms with Crippen molar-refractivity contribution in [2.24, 2.45) is 0 Å². The van der Waals surface area contributed by atoms with Crippen LogP contribution in [-0.2, 0) is 4.79 Å². The van der Waals surface area contributed by atoms with Crippen LogP contribution in [-0.4, -0.2) is 35.7 Å². The van der Waals surface area contributed by atoms with E-state index in [1.165, 1.54) is 6.42 Å². The maximum Gasteiger partial charge on any atom is 0.237 e. The number of hydrogen-bond donors (Lipinski definition) is 3. The minimum atomic E-state index is -0.350. The van der Waals surface area contributed by atoms with Crippen LogP contribution in [0.4, 0.5) is 0 Å². The fourth-order valence-corrected chi connectivity index (χ4v) is 1.77. The predicted molar refractivity (Wildman–Crippen MR) is 48.2 cm³/mol. The number of aliphatic hydroxyl groups excluding tert-OH is 1. The Bertz CT molecular complexity index is 204. The highest BCUT2D eigenvalue weighted by Gasteiger charge is 2.30. The van der Waals surface area contributed by atoms with Crippen LogP contribution in [0.15, 0.2) is 0 Å². The van der Waals surface area contributed by atoms with Gasteiger partial charge in [-0.1, -0.05) is 0 Å². The fourth-order valence-electron chi connectivity index (χ4n) is 1.77. The van der Waals surface area contributed by atoms with Crippen molar-refractivity contribution in [3.05, 3.63) is 0 Å². The number of carbonyl (C=O) groups excluding carboxylic acids is 1. The lowest BCUT2D eigenvalue weighted by Gasteiger charge is -2.27. The predicted octanol–water partition coefficient (Wildman–Crippen LogP) is -0.622. The molecule has 0 spiro atoms. The van der Waals surface area contributed by atoms with Gasteiger partial charge in [0.25, 0.3) is 0 Å². The second-order valence-electron chi connectivity index (χ2n) is 3.99. The molecule has 13 heavy (non-hydrogen) atoms. The van der Waals surface area contributed by atoms with Gasteiger partial charge in [-0.3, -0.25) is 4.79 Å². The smallest absolute Gasteiger partial charge is 0.237 e. The third-order valence-electron chi connectivity index (χ3n) is 2.88. The molecule has 2 fully saturated rings. The Hall–Kier alpha value is -0.610. The Morgan fingerprint density at radius 3 is 2.69 bits per heavy atom. The van der Waals surface area contributed by atoms with Gasteiger partial charge in [0, 0.05) is 12.6 Å². The first-order valence-corrected chi connectivity index (χ1v) is 4.97. The van der Waals surface area contributed by atoms with Gasteiger partial charge in [-0.2, -0.15) is 0 Å². The third kappa shape index (κ3) is 2.00. The van der Waals surface area contributed by atoms with Gasteiger partial charge in [-0.25, -0.2) is 0 Å². The second kappa shape index (κ2) is 3.64. The standard InChI is InChI=1S/C9H16N2O2/c12-7-4-8(10-5-7)9(13)11-6-2-1-3-6/h6-8,10,12H,1-5H2,(H,11,13)/t7-,8+/m0/s1. The highest BCUT2D eigenvalue weighted by molar-refractivity contribution is 5.82. The molecular formula is C9H16N2O2. The van der Waals surface area contributed by atoms with Crippen molar-refractivity contribution in [1.82, 2.24) is 10.6 Å². The molecule has 1 aliphatic carbocycles. The average Bonchev–Trinajstić information content (AvgIpc) is 2.44. The summed E-state index contributed by atoms with van der Waals surface area (Å²) in [5.41, 5.74) is 0. The zero-order valence-corrected chi connectivity index (χ0v) is 7.62. The Labute approximate surface area is 77.7 Å². The molecule has 2 atom stereocenters. The van der Waals surface area contributed by atoms with E-state index in [-0.39, 0.29) is 18.1 Å². The van der Waals surface area contributed by atoms with E-state index in [0.29, 0.717) is 19.0 Å². The van der Waals surface area contributed by atoms with Gasteiger partial charge in [0.1, 0.15) is 0 Å². The summed E-state index contributed by atoms with van der Waals surface area (Å²) in [4.78, 5) is 11.5. The topological polar surface area (TPSA) is 61.4 Å². The molecule has 0 radical (unpaired) electrons. The van der Waals surface area contributed by atoms with Crippen LogP contribution in [0.5, 0.6) is 0 Å². The lowest BCUT2D eigenvalue weighted by Crippen LogP contribution is -2.47. The molecule has 0 aromatic rings. The minimum Gasteiger partial charge on any atom is -0.392 e. The first-order valence-electron chi connectivity index (χ1n) is 4.97. The van der Waals surface area contributed by atoms with Gasteiger partial charge in [0.2, 0.25) is 5.91 Å². The number of nitrogens with one attached hydrogen (secondary N) is 2. The lowest BCUT2D eigenvalue weighted by molar-refractivity contribution is -0.124. The third-order valence-corrected chi connectivity index (χ3v) is 2.88. The van der Waals surface area contributed by atoms with Gasteiger partial charge < -0.3 is 15.7 Å². The summed E-state index contributed by atoms with van der Waals surface area (Å²) in [5, 5.41) is 15.2. The second-order valence-corrected chi connectivity index (χ2v) is 3.99. The highest BCUT2D eigenvalue weighted by Crippen LogP contribution is 2.18. The van der Waals surface area contributed by atoms with Crippen molar-refractivity contribution in [2.75, 3.05) is 6.54 Å². The lowest BCUT2D eigenvalue weighted by atomic mass is 9.93. The van der Waals surface area contributed by atoms with Crippen LogP contribution in [0.25, 0.3) is 0 Å². The summed E-state index contributed by atoms with van der Waals surface area (Å²) in [5.74, 6) is 0.0567. The molecule has 4 nitrogen and oxygen atoms in total. The van der Waals surface area contributed by atoms with Gasteiger partial charge in [0.05, 0.1) is 12.1 Å². The SMILES string of the molecule is O=C(NC1CCC1)[C@H]1C[C@H](O)CN1. The molecule has 1 aliphatic heterocycles. The normalized spacial score (nSPS) is 34.2. The summed E-state index contributed by atoms with van der Waals surface area (Å²) < 4.78 is 0. The first-order chi connectivity index (χ1) is 6.25. The summed E-state index contributed by atoms with van der Waals surface area (Å²) >= 11 is 0. The number of aliphatic hydroxyl groups is 1. The fraction of sp³-hybridized carbons (Fsp3) is 0.889. The Morgan fingerprint density at radius 1 is 1.46 bits per heavy atom. The average molecular weight is 184 g/mol. The molecule has 74 valence electrons. The monoisotopic (exact) mass is 184 g/mol. The molecule has 0 unspecified atom stereocenters. The quantitative estimate of drug-likeness (QED) is 0.536. The molecule has 0 aromatic carbocycles. The van der Waals surface area contributed by atoms with Crippen LogP contribution < -0.4 is 10.6 Å². The van der Waals surface area contributed by atoms with E-state index >= 15 is 0 Å². The molecule has 3 N–H and O–H groups in total. The zero-order chi connectivity index (χ0) is 9.26. The molecule has 0 bridgehead atoms. The highest BCUT2D eigenvalue weighted by atomic mass is 16.3. The van der Waals surface area contributed by atoms with Crippen LogP contribution in [0.1, 0.15) is 25.7 Å². The molecule has 2 aliphatic rings. The minimum absolute atomic E-state index is 0.0567. The van der Waals surface area contributed by atoms with Crippen molar-refractivity contribution >= 4 is 5.91 Å². The van der Waals surface area contributed by atoms with E-state index in [0.717, 1.165) is 12.8 Å². The van der Waals surface area contributed by atoms with Crippen LogP contribution >= 0.6 is 0 Å². The molecule has 1 saturated carbocycles. The Kier molecular flexibility index (Phi) is 2.51. The van der Waals surface area contributed by atoms with Crippen LogP contribution in [0, 0.1) is 0 Å². The first kappa shape index (κ1) is 8.97. The summed E-state index contributed by atoms with van der Waals surface area (Å²) in [6, 6.07) is 0.225. The number of hydrogen-bond acceptors (Lipinski definition) is 3. The summed E-state index contributed by atoms with van der Waals surface area (Å²) in [7, 11) is 0. The Balaban J connectivity index is 1.76. The molecule has 2 rings (SSSR count). The van der Waals surface area contributed by atoms with E-state index < -0.39 is 0 Å². The molecule has 1 amide bonds. The molecule has 1 saturated heterocycles. The molecule has 1 heterocycles. The van der Waals surface area contributed by atoms with Gasteiger partial charge in [-0.15, -0.1) is 0 Å². The van der Waals surface area contributed by atoms with Crippen molar-refractivity contribution in [3.8, 4) is 0 Å². The molecular weight excluding hydrogens is 168 g/mol. The summed E-state index contributed by atoms with van der Waals surface area (Å²) in [6.45, 7) is 0.544. The van der Waals surface area contributed by atoms with Crippen LogP contribution in [0.3, 0.4) is 0 Å². The largest absolute Gasteiger partial charge is 0.392 e. The van der Waals surface area contributed by atoms with Crippen molar-refractivity contribution in [3.63, 3.8) is 0 Å². The number of β-amino-alcohol motifs (C(OH)–C–C–N with tert-alkyl or cyclic N) is 1. The number of carbonyl (C=O) groups is 1. The van der Waals surface area contributed by atoms with Gasteiger partial charge in [-0.05, 0) is 25.7 Å². The van der Waals surface area contributed by atoms with Crippen LogP contribution in [0.2, 0.25) is 0 Å². The number of rotatable bonds is 2. The van der Waals surface area contributed by atoms with Crippen molar-refractivity contribution in [1.29, 1.82) is 0 Å². The van der Waals surface area contributed by atoms with Crippen molar-refractivity contribution in [2.45, 2.75) is 43.9 Å². The van der Waals surface area contributed by atoms with E-state index in [4.69, 9.17) is 0 Å². The molecule has 0 aromatic heterocycles. The van der Waals surface area contributed by atoms with E-state index in [1.807, 2.05) is 0 Å².